The molecule has 104 valence electrons. The number of hydrogen-bond acceptors (Lipinski definition) is 3. The molecule has 0 spiro atoms. The highest BCUT2D eigenvalue weighted by Crippen LogP contribution is 2.06. The van der Waals surface area contributed by atoms with Crippen LogP contribution in [0.25, 0.3) is 0 Å². The third-order valence-corrected chi connectivity index (χ3v) is 2.35. The Balaban J connectivity index is 0. The van der Waals surface area contributed by atoms with E-state index in [4.69, 9.17) is 5.73 Å². The number of aryl methyl sites for hydroxylation is 2. The van der Waals surface area contributed by atoms with Gasteiger partial charge in [0, 0.05) is 18.3 Å². The van der Waals surface area contributed by atoms with Gasteiger partial charge in [0.2, 0.25) is 0 Å². The summed E-state index contributed by atoms with van der Waals surface area (Å²) in [5.74, 6) is -0.0781. The summed E-state index contributed by atoms with van der Waals surface area (Å²) in [7, 11) is 0. The van der Waals surface area contributed by atoms with Crippen molar-refractivity contribution in [1.29, 1.82) is 0 Å². The van der Waals surface area contributed by atoms with Gasteiger partial charge in [-0.1, -0.05) is 0 Å². The number of pyridine rings is 1. The Morgan fingerprint density at radius 1 is 1.39 bits per heavy atom. The van der Waals surface area contributed by atoms with Crippen molar-refractivity contribution in [1.82, 2.24) is 10.3 Å². The van der Waals surface area contributed by atoms with E-state index in [-0.39, 0.29) is 36.8 Å². The predicted octanol–water partition coefficient (Wildman–Crippen LogP) is 2.01. The van der Waals surface area contributed by atoms with Crippen molar-refractivity contribution in [3.63, 3.8) is 0 Å². The maximum absolute atomic E-state index is 11.8. The quantitative estimate of drug-likeness (QED) is 0.892. The SMILES string of the molecule is Cc1ccc(C(=O)NCCC(C)N)c(C)n1.Cl.Cl. The van der Waals surface area contributed by atoms with Crippen LogP contribution in [0.3, 0.4) is 0 Å². The lowest BCUT2D eigenvalue weighted by molar-refractivity contribution is 0.0951. The van der Waals surface area contributed by atoms with Gasteiger partial charge in [0.05, 0.1) is 11.3 Å². The smallest absolute Gasteiger partial charge is 0.253 e. The summed E-state index contributed by atoms with van der Waals surface area (Å²) in [4.78, 5) is 16.0. The summed E-state index contributed by atoms with van der Waals surface area (Å²) in [6.07, 6.45) is 0.782. The molecule has 1 amide bonds. The highest BCUT2D eigenvalue weighted by atomic mass is 35.5. The number of amides is 1. The molecular weight excluding hydrogens is 273 g/mol. The van der Waals surface area contributed by atoms with E-state index in [9.17, 15) is 4.79 Å². The van der Waals surface area contributed by atoms with Crippen LogP contribution in [-0.4, -0.2) is 23.5 Å². The van der Waals surface area contributed by atoms with E-state index in [1.54, 1.807) is 6.07 Å². The predicted molar refractivity (Wildman–Crippen MR) is 78.8 cm³/mol. The maximum Gasteiger partial charge on any atom is 0.253 e. The third-order valence-electron chi connectivity index (χ3n) is 2.35. The molecule has 1 heterocycles. The summed E-state index contributed by atoms with van der Waals surface area (Å²) in [6.45, 7) is 6.27. The number of hydrogen-bond donors (Lipinski definition) is 2. The summed E-state index contributed by atoms with van der Waals surface area (Å²) in [6, 6.07) is 3.75. The summed E-state index contributed by atoms with van der Waals surface area (Å²) < 4.78 is 0. The minimum absolute atomic E-state index is 0. The van der Waals surface area contributed by atoms with Crippen LogP contribution in [0.15, 0.2) is 12.1 Å². The molecule has 1 atom stereocenters. The van der Waals surface area contributed by atoms with E-state index in [1.807, 2.05) is 26.8 Å². The van der Waals surface area contributed by atoms with Crippen LogP contribution in [-0.2, 0) is 0 Å². The lowest BCUT2D eigenvalue weighted by Crippen LogP contribution is -2.29. The van der Waals surface area contributed by atoms with E-state index < -0.39 is 0 Å². The first kappa shape index (κ1) is 19.5. The molecule has 0 radical (unpaired) electrons. The number of rotatable bonds is 4. The lowest BCUT2D eigenvalue weighted by Gasteiger charge is -2.09. The second kappa shape index (κ2) is 9.14. The van der Waals surface area contributed by atoms with Crippen LogP contribution >= 0.6 is 24.8 Å². The molecule has 0 fully saturated rings. The molecule has 0 aromatic carbocycles. The Labute approximate surface area is 121 Å². The summed E-state index contributed by atoms with van der Waals surface area (Å²) in [5.41, 5.74) is 7.92. The third kappa shape index (κ3) is 6.19. The number of halogens is 2. The van der Waals surface area contributed by atoms with Crippen LogP contribution in [0, 0.1) is 13.8 Å². The number of nitrogens with one attached hydrogen (secondary N) is 1. The van der Waals surface area contributed by atoms with Crippen LogP contribution in [0.2, 0.25) is 0 Å². The average molecular weight is 294 g/mol. The maximum atomic E-state index is 11.8. The van der Waals surface area contributed by atoms with Gasteiger partial charge in [-0.05, 0) is 39.3 Å². The molecule has 0 saturated heterocycles. The Kier molecular flexibility index (Phi) is 9.90. The highest BCUT2D eigenvalue weighted by molar-refractivity contribution is 5.95. The monoisotopic (exact) mass is 293 g/mol. The van der Waals surface area contributed by atoms with Crippen molar-refractivity contribution < 1.29 is 4.79 Å². The van der Waals surface area contributed by atoms with Crippen molar-refractivity contribution in [2.24, 2.45) is 5.73 Å². The van der Waals surface area contributed by atoms with Gasteiger partial charge >= 0.3 is 0 Å². The zero-order chi connectivity index (χ0) is 12.1. The van der Waals surface area contributed by atoms with E-state index in [2.05, 4.69) is 10.3 Å². The topological polar surface area (TPSA) is 68.0 Å². The van der Waals surface area contributed by atoms with Crippen molar-refractivity contribution in [3.05, 3.63) is 29.1 Å². The number of carbonyl (C=O) groups is 1. The van der Waals surface area contributed by atoms with E-state index in [0.29, 0.717) is 12.1 Å². The molecule has 18 heavy (non-hydrogen) atoms. The van der Waals surface area contributed by atoms with Gasteiger partial charge in [0.1, 0.15) is 0 Å². The van der Waals surface area contributed by atoms with Crippen LogP contribution in [0.5, 0.6) is 0 Å². The van der Waals surface area contributed by atoms with Crippen molar-refractivity contribution in [2.75, 3.05) is 6.54 Å². The fourth-order valence-corrected chi connectivity index (χ4v) is 1.44. The van der Waals surface area contributed by atoms with E-state index in [1.165, 1.54) is 0 Å². The van der Waals surface area contributed by atoms with Gasteiger partial charge in [0.25, 0.3) is 5.91 Å². The van der Waals surface area contributed by atoms with E-state index >= 15 is 0 Å². The van der Waals surface area contributed by atoms with Gasteiger partial charge < -0.3 is 11.1 Å². The fraction of sp³-hybridized carbons (Fsp3) is 0.500. The standard InChI is InChI=1S/C12H19N3O.2ClH/c1-8(13)6-7-14-12(16)11-5-4-9(2)15-10(11)3;;/h4-5,8H,6-7,13H2,1-3H3,(H,14,16);2*1H. The van der Waals surface area contributed by atoms with Crippen LogP contribution in [0.4, 0.5) is 0 Å². The molecular formula is C12H21Cl2N3O. The number of aromatic nitrogens is 1. The molecule has 1 aromatic heterocycles. The molecule has 0 aliphatic rings. The second-order valence-corrected chi connectivity index (χ2v) is 4.11. The lowest BCUT2D eigenvalue weighted by atomic mass is 10.1. The van der Waals surface area contributed by atoms with Gasteiger partial charge in [0.15, 0.2) is 0 Å². The molecule has 0 aliphatic carbocycles. The first-order valence-electron chi connectivity index (χ1n) is 5.48. The second-order valence-electron chi connectivity index (χ2n) is 4.11. The van der Waals surface area contributed by atoms with Crippen molar-refractivity contribution in [3.8, 4) is 0 Å². The molecule has 6 heteroatoms. The minimum Gasteiger partial charge on any atom is -0.352 e. The zero-order valence-corrected chi connectivity index (χ0v) is 12.5. The molecule has 1 rings (SSSR count). The first-order chi connectivity index (χ1) is 7.50. The average Bonchev–Trinajstić information content (AvgIpc) is 2.16. The number of carbonyl (C=O) groups excluding carboxylic acids is 1. The number of nitrogens with two attached hydrogens (primary N) is 1. The van der Waals surface area contributed by atoms with Crippen LogP contribution in [0.1, 0.15) is 35.1 Å². The Morgan fingerprint density at radius 2 is 2.00 bits per heavy atom. The first-order valence-corrected chi connectivity index (χ1v) is 5.48. The zero-order valence-electron chi connectivity index (χ0n) is 10.9. The molecule has 0 aliphatic heterocycles. The molecule has 4 nitrogen and oxygen atoms in total. The minimum atomic E-state index is -0.0781. The summed E-state index contributed by atoms with van der Waals surface area (Å²) in [5, 5.41) is 2.83. The van der Waals surface area contributed by atoms with Gasteiger partial charge in [-0.2, -0.15) is 0 Å². The molecule has 3 N–H and O–H groups in total. The largest absolute Gasteiger partial charge is 0.352 e. The van der Waals surface area contributed by atoms with Crippen LogP contribution < -0.4 is 11.1 Å². The highest BCUT2D eigenvalue weighted by Gasteiger charge is 2.09. The van der Waals surface area contributed by atoms with Gasteiger partial charge in [-0.15, -0.1) is 24.8 Å². The Morgan fingerprint density at radius 3 is 2.50 bits per heavy atom. The summed E-state index contributed by atoms with van der Waals surface area (Å²) >= 11 is 0. The normalized spacial score (nSPS) is 10.9. The Bertz CT molecular complexity index is 384. The fourth-order valence-electron chi connectivity index (χ4n) is 1.44. The molecule has 1 aromatic rings. The number of nitrogens with zero attached hydrogens (tertiary/aromatic N) is 1. The van der Waals surface area contributed by atoms with Gasteiger partial charge in [-0.25, -0.2) is 0 Å². The van der Waals surface area contributed by atoms with Gasteiger partial charge in [-0.3, -0.25) is 9.78 Å². The van der Waals surface area contributed by atoms with Crippen molar-refractivity contribution in [2.45, 2.75) is 33.2 Å². The molecule has 1 unspecified atom stereocenters. The molecule has 0 bridgehead atoms. The Hall–Kier alpha value is -0.840. The molecule has 0 saturated carbocycles. The van der Waals surface area contributed by atoms with Crippen molar-refractivity contribution >= 4 is 30.7 Å². The van der Waals surface area contributed by atoms with E-state index in [0.717, 1.165) is 17.8 Å².